The standard InChI is InChI=1S/C30H42FN3O5/c1-18(2)30(28(39)33-6,34(7)27(38)21(17-35)14-19-8-11-22(31)12-9-19)24(26(32)37)16-20-10-13-25(36)23(15-20)29(3,4)5/h8-13,15,18,21,24,35-36H,14,16-17H2,1-7H3,(H2,32,37)(H,33,39)/t21?,24-,30?/m1/s1. The summed E-state index contributed by atoms with van der Waals surface area (Å²) in [6.07, 6.45) is 0.139. The van der Waals surface area contributed by atoms with Crippen molar-refractivity contribution < 1.29 is 29.0 Å². The lowest BCUT2D eigenvalue weighted by Crippen LogP contribution is -2.69. The van der Waals surface area contributed by atoms with Gasteiger partial charge in [-0.2, -0.15) is 0 Å². The molecular weight excluding hydrogens is 501 g/mol. The molecule has 2 rings (SSSR count). The maximum absolute atomic E-state index is 13.9. The molecule has 5 N–H and O–H groups in total. The molecule has 0 saturated carbocycles. The van der Waals surface area contributed by atoms with Crippen molar-refractivity contribution in [2.45, 2.75) is 58.4 Å². The molecule has 0 bridgehead atoms. The summed E-state index contributed by atoms with van der Waals surface area (Å²) in [4.78, 5) is 41.9. The highest BCUT2D eigenvalue weighted by Crippen LogP contribution is 2.38. The quantitative estimate of drug-likeness (QED) is 0.346. The summed E-state index contributed by atoms with van der Waals surface area (Å²) in [5.74, 6) is -4.84. The molecular formula is C30H42FN3O5. The summed E-state index contributed by atoms with van der Waals surface area (Å²) < 4.78 is 13.4. The molecule has 2 unspecified atom stereocenters. The number of primary amides is 1. The van der Waals surface area contributed by atoms with Gasteiger partial charge in [0.15, 0.2) is 0 Å². The van der Waals surface area contributed by atoms with Crippen LogP contribution in [-0.4, -0.2) is 59.1 Å². The van der Waals surface area contributed by atoms with E-state index in [1.807, 2.05) is 20.8 Å². The van der Waals surface area contributed by atoms with Crippen LogP contribution in [0.4, 0.5) is 4.39 Å². The van der Waals surface area contributed by atoms with E-state index in [0.29, 0.717) is 16.7 Å². The van der Waals surface area contributed by atoms with Gasteiger partial charge in [0, 0.05) is 14.1 Å². The van der Waals surface area contributed by atoms with E-state index in [1.165, 1.54) is 43.3 Å². The summed E-state index contributed by atoms with van der Waals surface area (Å²) in [7, 11) is 2.87. The Morgan fingerprint density at radius 3 is 2.05 bits per heavy atom. The molecule has 9 heteroatoms. The van der Waals surface area contributed by atoms with Gasteiger partial charge in [-0.3, -0.25) is 14.4 Å². The molecule has 0 radical (unpaired) electrons. The molecule has 0 spiro atoms. The molecule has 2 aromatic rings. The third-order valence-electron chi connectivity index (χ3n) is 7.51. The van der Waals surface area contributed by atoms with E-state index < -0.39 is 53.4 Å². The number of aliphatic hydroxyl groups is 1. The van der Waals surface area contributed by atoms with Crippen LogP contribution in [0.2, 0.25) is 0 Å². The van der Waals surface area contributed by atoms with Crippen LogP contribution in [0.15, 0.2) is 42.5 Å². The SMILES string of the molecule is CNC(=O)C(C(C)C)([C@H](Cc1ccc(O)c(C(C)(C)C)c1)C(N)=O)N(C)C(=O)C(CO)Cc1ccc(F)cc1. The summed E-state index contributed by atoms with van der Waals surface area (Å²) in [6, 6.07) is 10.6. The topological polar surface area (TPSA) is 133 Å². The Morgan fingerprint density at radius 1 is 1.03 bits per heavy atom. The highest BCUT2D eigenvalue weighted by molar-refractivity contribution is 5.97. The first-order chi connectivity index (χ1) is 18.1. The van der Waals surface area contributed by atoms with E-state index in [0.717, 1.165) is 0 Å². The second-order valence-electron chi connectivity index (χ2n) is 11.4. The number of phenols is 1. The minimum Gasteiger partial charge on any atom is -0.508 e. The molecule has 0 aliphatic rings. The van der Waals surface area contributed by atoms with Crippen molar-refractivity contribution in [1.82, 2.24) is 10.2 Å². The smallest absolute Gasteiger partial charge is 0.246 e. The number of rotatable bonds is 11. The third kappa shape index (κ3) is 6.76. The number of likely N-dealkylation sites (N-methyl/N-ethyl adjacent to an activating group) is 2. The minimum absolute atomic E-state index is 0.0314. The number of aliphatic hydroxyl groups excluding tert-OH is 1. The fraction of sp³-hybridized carbons (Fsp3) is 0.500. The lowest BCUT2D eigenvalue weighted by Gasteiger charge is -2.48. The number of carbonyl (C=O) groups excluding carboxylic acids is 3. The Balaban J connectivity index is 2.62. The van der Waals surface area contributed by atoms with E-state index in [2.05, 4.69) is 5.32 Å². The fourth-order valence-corrected chi connectivity index (χ4v) is 5.41. The van der Waals surface area contributed by atoms with E-state index in [-0.39, 0.29) is 24.0 Å². The molecule has 0 fully saturated rings. The number of hydrogen-bond donors (Lipinski definition) is 4. The summed E-state index contributed by atoms with van der Waals surface area (Å²) in [6.45, 7) is 8.80. The minimum atomic E-state index is -1.70. The van der Waals surface area contributed by atoms with Gasteiger partial charge < -0.3 is 26.2 Å². The zero-order valence-corrected chi connectivity index (χ0v) is 23.9. The molecule has 0 aliphatic heterocycles. The van der Waals surface area contributed by atoms with Gasteiger partial charge in [-0.15, -0.1) is 0 Å². The van der Waals surface area contributed by atoms with Crippen molar-refractivity contribution in [2.24, 2.45) is 23.5 Å². The number of amides is 3. The van der Waals surface area contributed by atoms with Crippen molar-refractivity contribution in [3.05, 3.63) is 65.0 Å². The van der Waals surface area contributed by atoms with E-state index in [9.17, 15) is 29.0 Å². The molecule has 214 valence electrons. The number of phenolic OH excluding ortho intramolecular Hbond substituents is 1. The first kappa shape index (κ1) is 31.8. The number of nitrogens with zero attached hydrogens (tertiary/aromatic N) is 1. The molecule has 0 aliphatic carbocycles. The number of nitrogens with one attached hydrogen (secondary N) is 1. The zero-order chi connectivity index (χ0) is 29.7. The van der Waals surface area contributed by atoms with Crippen LogP contribution in [-0.2, 0) is 32.6 Å². The number of benzene rings is 2. The van der Waals surface area contributed by atoms with Crippen LogP contribution in [0.25, 0.3) is 0 Å². The molecule has 0 saturated heterocycles. The molecule has 2 aromatic carbocycles. The maximum atomic E-state index is 13.9. The predicted molar refractivity (Wildman–Crippen MR) is 148 cm³/mol. The Bertz CT molecular complexity index is 1180. The first-order valence-corrected chi connectivity index (χ1v) is 13.1. The Kier molecular flexibility index (Phi) is 10.3. The van der Waals surface area contributed by atoms with Gasteiger partial charge in [-0.05, 0) is 59.1 Å². The second kappa shape index (κ2) is 12.6. The van der Waals surface area contributed by atoms with Gasteiger partial charge in [0.1, 0.15) is 17.1 Å². The predicted octanol–water partition coefficient (Wildman–Crippen LogP) is 2.92. The fourth-order valence-electron chi connectivity index (χ4n) is 5.41. The normalized spacial score (nSPS) is 14.8. The molecule has 39 heavy (non-hydrogen) atoms. The average Bonchev–Trinajstić information content (AvgIpc) is 2.87. The molecule has 3 atom stereocenters. The number of halogens is 1. The van der Waals surface area contributed by atoms with Crippen LogP contribution >= 0.6 is 0 Å². The summed E-state index contributed by atoms with van der Waals surface area (Å²) in [5.41, 5.74) is 5.83. The molecule has 3 amide bonds. The molecule has 0 aromatic heterocycles. The number of hydrogen-bond acceptors (Lipinski definition) is 5. The van der Waals surface area contributed by atoms with Gasteiger partial charge in [-0.1, -0.05) is 58.9 Å². The van der Waals surface area contributed by atoms with Crippen LogP contribution in [0.5, 0.6) is 5.75 Å². The zero-order valence-electron chi connectivity index (χ0n) is 23.9. The Hall–Kier alpha value is -3.46. The maximum Gasteiger partial charge on any atom is 0.246 e. The summed E-state index contributed by atoms with van der Waals surface area (Å²) >= 11 is 0. The van der Waals surface area contributed by atoms with Crippen molar-refractivity contribution in [1.29, 1.82) is 0 Å². The Labute approximate surface area is 230 Å². The highest BCUT2D eigenvalue weighted by atomic mass is 19.1. The van der Waals surface area contributed by atoms with Crippen molar-refractivity contribution >= 4 is 17.7 Å². The van der Waals surface area contributed by atoms with Crippen LogP contribution in [0, 0.1) is 23.6 Å². The van der Waals surface area contributed by atoms with Crippen molar-refractivity contribution in [3.63, 3.8) is 0 Å². The Morgan fingerprint density at radius 2 is 1.59 bits per heavy atom. The van der Waals surface area contributed by atoms with Gasteiger partial charge >= 0.3 is 0 Å². The van der Waals surface area contributed by atoms with Crippen molar-refractivity contribution in [3.8, 4) is 5.75 Å². The molecule has 8 nitrogen and oxygen atoms in total. The van der Waals surface area contributed by atoms with Crippen LogP contribution in [0.3, 0.4) is 0 Å². The van der Waals surface area contributed by atoms with Crippen LogP contribution in [0.1, 0.15) is 51.3 Å². The summed E-state index contributed by atoms with van der Waals surface area (Å²) in [5, 5.41) is 23.2. The second-order valence-corrected chi connectivity index (χ2v) is 11.4. The largest absolute Gasteiger partial charge is 0.508 e. The lowest BCUT2D eigenvalue weighted by atomic mass is 9.69. The van der Waals surface area contributed by atoms with Crippen LogP contribution < -0.4 is 11.1 Å². The van der Waals surface area contributed by atoms with Gasteiger partial charge in [0.25, 0.3) is 0 Å². The van der Waals surface area contributed by atoms with Gasteiger partial charge in [0.05, 0.1) is 18.4 Å². The van der Waals surface area contributed by atoms with Gasteiger partial charge in [-0.25, -0.2) is 4.39 Å². The van der Waals surface area contributed by atoms with Gasteiger partial charge in [0.2, 0.25) is 17.7 Å². The molecule has 0 heterocycles. The first-order valence-electron chi connectivity index (χ1n) is 13.1. The third-order valence-corrected chi connectivity index (χ3v) is 7.51. The number of carbonyl (C=O) groups is 3. The van der Waals surface area contributed by atoms with E-state index in [4.69, 9.17) is 5.73 Å². The van der Waals surface area contributed by atoms with E-state index >= 15 is 0 Å². The monoisotopic (exact) mass is 543 g/mol. The lowest BCUT2D eigenvalue weighted by molar-refractivity contribution is -0.160. The highest BCUT2D eigenvalue weighted by Gasteiger charge is 2.55. The van der Waals surface area contributed by atoms with Crippen molar-refractivity contribution in [2.75, 3.05) is 20.7 Å². The number of nitrogens with two attached hydrogens (primary N) is 1. The average molecular weight is 544 g/mol. The number of aromatic hydroxyl groups is 1. The van der Waals surface area contributed by atoms with E-state index in [1.54, 1.807) is 32.0 Å².